The number of quaternary nitrogens is 2. The Labute approximate surface area is 189 Å². The highest BCUT2D eigenvalue weighted by molar-refractivity contribution is 5.03. The zero-order valence-corrected chi connectivity index (χ0v) is 17.3. The lowest BCUT2D eigenvalue weighted by Crippen LogP contribution is -2.93. The standard InChI is InChI=1S/C14H18N4.4NO3/c1-3-13(9-15-5-1)11-17-7-8-18-12-14-4-2-6-16-10-14;4*2-1(3)4/h1-6,9-10,17-18H,7-8,11-12H2;;;;/q;4*-1/p+4. The summed E-state index contributed by atoms with van der Waals surface area (Å²) < 4.78 is 0. The van der Waals surface area contributed by atoms with Crippen LogP contribution in [-0.4, -0.2) is 33.4 Å². The van der Waals surface area contributed by atoms with Crippen molar-refractivity contribution < 1.29 is 40.9 Å². The van der Waals surface area contributed by atoms with Gasteiger partial charge in [-0.25, -0.2) is 9.97 Å². The number of aromatic amines is 2. The fraction of sp³-hybridized carbons (Fsp3) is 0.286. The molecule has 0 amide bonds. The highest BCUT2D eigenvalue weighted by Crippen LogP contribution is 1.88. The number of aromatic nitrogens is 2. The van der Waals surface area contributed by atoms with Crippen LogP contribution in [0.15, 0.2) is 49.1 Å². The first kappa shape index (κ1) is 33.7. The van der Waals surface area contributed by atoms with Crippen molar-refractivity contribution in [1.82, 2.24) is 0 Å². The van der Waals surface area contributed by atoms with Crippen LogP contribution in [-0.2, 0) is 13.1 Å². The average molecular weight is 494 g/mol. The van der Waals surface area contributed by atoms with Crippen LogP contribution < -0.4 is 20.6 Å². The minimum absolute atomic E-state index is 1.05. The van der Waals surface area contributed by atoms with E-state index in [2.05, 4.69) is 45.1 Å². The average Bonchev–Trinajstić information content (AvgIpc) is 2.70. The van der Waals surface area contributed by atoms with Gasteiger partial charge in [-0.2, -0.15) is 0 Å². The number of nitrogens with one attached hydrogen (secondary N) is 2. The van der Waals surface area contributed by atoms with E-state index in [0.29, 0.717) is 0 Å². The Hall–Kier alpha value is -4.98. The highest BCUT2D eigenvalue weighted by Gasteiger charge is 2.00. The first-order chi connectivity index (χ1) is 15.9. The van der Waals surface area contributed by atoms with Crippen molar-refractivity contribution in [1.29, 1.82) is 0 Å². The van der Waals surface area contributed by atoms with Gasteiger partial charge in [0.15, 0.2) is 24.8 Å². The number of H-pyrrole nitrogens is 2. The summed E-state index contributed by atoms with van der Waals surface area (Å²) >= 11 is 0. The van der Waals surface area contributed by atoms with Gasteiger partial charge in [-0.05, 0) is 12.1 Å². The molecule has 0 aliphatic carbocycles. The summed E-state index contributed by atoms with van der Waals surface area (Å²) in [4.78, 5) is 39.2. The van der Waals surface area contributed by atoms with Crippen molar-refractivity contribution in [2.75, 3.05) is 13.1 Å². The molecule has 34 heavy (non-hydrogen) atoms. The van der Waals surface area contributed by atoms with Gasteiger partial charge in [0.1, 0.15) is 26.2 Å². The van der Waals surface area contributed by atoms with Gasteiger partial charge < -0.3 is 71.9 Å². The Bertz CT molecular complexity index is 692. The van der Waals surface area contributed by atoms with Crippen molar-refractivity contribution >= 4 is 0 Å². The maximum atomic E-state index is 8.25. The van der Waals surface area contributed by atoms with E-state index in [1.807, 2.05) is 24.5 Å². The monoisotopic (exact) mass is 494 g/mol. The Balaban J connectivity index is -0.000000492. The topological polar surface area (TPSA) is 326 Å². The van der Waals surface area contributed by atoms with Crippen LogP contribution in [0.4, 0.5) is 0 Å². The van der Waals surface area contributed by atoms with E-state index in [1.54, 1.807) is 0 Å². The first-order valence-electron chi connectivity index (χ1n) is 8.67. The van der Waals surface area contributed by atoms with Crippen LogP contribution in [0.25, 0.3) is 0 Å². The summed E-state index contributed by atoms with van der Waals surface area (Å²) in [6, 6.07) is 8.38. The lowest BCUT2D eigenvalue weighted by atomic mass is 10.3. The minimum atomic E-state index is -1.75. The lowest BCUT2D eigenvalue weighted by molar-refractivity contribution is -0.738. The van der Waals surface area contributed by atoms with Gasteiger partial charge in [-0.15, -0.1) is 0 Å². The number of nitrogens with zero attached hydrogens (tertiary/aromatic N) is 4. The second-order valence-corrected chi connectivity index (χ2v) is 5.28. The van der Waals surface area contributed by atoms with E-state index in [0.717, 1.165) is 26.2 Å². The Kier molecular flexibility index (Phi) is 24.0. The zero-order chi connectivity index (χ0) is 26.8. The van der Waals surface area contributed by atoms with E-state index in [-0.39, 0.29) is 0 Å². The molecule has 2 aromatic heterocycles. The molecular weight excluding hydrogens is 472 g/mol. The smallest absolute Gasteiger partial charge is 0.175 e. The molecule has 0 aliphatic heterocycles. The molecule has 2 heterocycles. The van der Waals surface area contributed by atoms with Gasteiger partial charge in [-0.3, -0.25) is 0 Å². The van der Waals surface area contributed by atoms with Crippen molar-refractivity contribution in [2.24, 2.45) is 0 Å². The maximum absolute atomic E-state index is 8.25. The van der Waals surface area contributed by atoms with Gasteiger partial charge in [-0.1, -0.05) is 0 Å². The molecule has 20 heteroatoms. The third-order valence-corrected chi connectivity index (χ3v) is 2.88. The molecule has 20 nitrogen and oxygen atoms in total. The summed E-state index contributed by atoms with van der Waals surface area (Å²) in [5.74, 6) is 0. The summed E-state index contributed by atoms with van der Waals surface area (Å²) in [5, 5.41) is 63.7. The SMILES string of the molecule is O=[N+]([O-])[O-].O=[N+]([O-])[O-].O=[N+]([O-])[O-].O=[N+]([O-])[O-].c1c[nH+]cc(C[NH2+]CC[NH2+]Cc2ccc[nH+]c2)c1. The molecule has 0 fully saturated rings. The lowest BCUT2D eigenvalue weighted by Gasteiger charge is -2.00. The van der Waals surface area contributed by atoms with E-state index in [1.165, 1.54) is 11.1 Å². The third kappa shape index (κ3) is 45.6. The van der Waals surface area contributed by atoms with E-state index < -0.39 is 20.3 Å². The third-order valence-electron chi connectivity index (χ3n) is 2.88. The van der Waals surface area contributed by atoms with Crippen molar-refractivity contribution in [3.05, 3.63) is 121 Å². The van der Waals surface area contributed by atoms with Gasteiger partial charge in [0, 0.05) is 12.1 Å². The fourth-order valence-electron chi connectivity index (χ4n) is 1.89. The molecule has 0 saturated heterocycles. The molecule has 0 atom stereocenters. The number of nitrogens with two attached hydrogens (primary N) is 2. The summed E-state index contributed by atoms with van der Waals surface area (Å²) in [5.41, 5.74) is 2.69. The molecule has 190 valence electrons. The molecule has 0 spiro atoms. The maximum Gasteiger partial charge on any atom is 0.175 e. The van der Waals surface area contributed by atoms with E-state index in [4.69, 9.17) is 61.3 Å². The molecule has 2 rings (SSSR count). The zero-order valence-electron chi connectivity index (χ0n) is 17.3. The summed E-state index contributed by atoms with van der Waals surface area (Å²) in [6.45, 7) is 4.38. The normalized spacial score (nSPS) is 8.35. The Morgan fingerprint density at radius 1 is 0.588 bits per heavy atom. The number of pyridine rings is 2. The predicted octanol–water partition coefficient (Wildman–Crippen LogP) is -2.81. The number of hydrogen-bond acceptors (Lipinski definition) is 12. The van der Waals surface area contributed by atoms with Crippen LogP contribution in [0.1, 0.15) is 11.1 Å². The molecule has 0 bridgehead atoms. The van der Waals surface area contributed by atoms with Crippen LogP contribution >= 0.6 is 0 Å². The van der Waals surface area contributed by atoms with Crippen LogP contribution in [0.2, 0.25) is 0 Å². The van der Waals surface area contributed by atoms with E-state index >= 15 is 0 Å². The molecule has 2 aromatic rings. The van der Waals surface area contributed by atoms with Gasteiger partial charge in [0.2, 0.25) is 0 Å². The molecular formula is C14H22N8O12. The molecule has 0 unspecified atom stereocenters. The molecule has 0 saturated carbocycles. The van der Waals surface area contributed by atoms with Gasteiger partial charge in [0.05, 0.1) is 31.5 Å². The summed E-state index contributed by atoms with van der Waals surface area (Å²) in [7, 11) is 0. The molecule has 6 N–H and O–H groups in total. The molecule has 0 aliphatic rings. The number of hydrogen-bond donors (Lipinski definition) is 2. The van der Waals surface area contributed by atoms with Crippen molar-refractivity contribution in [3.8, 4) is 0 Å². The van der Waals surface area contributed by atoms with E-state index in [9.17, 15) is 0 Å². The Morgan fingerprint density at radius 2 is 0.853 bits per heavy atom. The largest absolute Gasteiger partial charge is 0.356 e. The first-order valence-corrected chi connectivity index (χ1v) is 8.67. The second-order valence-electron chi connectivity index (χ2n) is 5.28. The van der Waals surface area contributed by atoms with Crippen LogP contribution in [0.3, 0.4) is 0 Å². The van der Waals surface area contributed by atoms with Gasteiger partial charge >= 0.3 is 0 Å². The van der Waals surface area contributed by atoms with Gasteiger partial charge in [0.25, 0.3) is 0 Å². The summed E-state index contributed by atoms with van der Waals surface area (Å²) in [6.07, 6.45) is 7.99. The predicted molar refractivity (Wildman–Crippen MR) is 108 cm³/mol. The fourth-order valence-corrected chi connectivity index (χ4v) is 1.89. The van der Waals surface area contributed by atoms with Crippen LogP contribution in [0, 0.1) is 61.3 Å². The molecule has 0 radical (unpaired) electrons. The minimum Gasteiger partial charge on any atom is -0.356 e. The molecule has 0 aromatic carbocycles. The van der Waals surface area contributed by atoms with Crippen molar-refractivity contribution in [3.63, 3.8) is 0 Å². The number of rotatable bonds is 7. The quantitative estimate of drug-likeness (QED) is 0.223. The highest BCUT2D eigenvalue weighted by atomic mass is 16.9. The Morgan fingerprint density at radius 3 is 1.06 bits per heavy atom. The second kappa shape index (κ2) is 24.3. The van der Waals surface area contributed by atoms with Crippen LogP contribution in [0.5, 0.6) is 0 Å². The van der Waals surface area contributed by atoms with Crippen molar-refractivity contribution in [2.45, 2.75) is 13.1 Å².